The van der Waals surface area contributed by atoms with Gasteiger partial charge in [-0.3, -0.25) is 4.79 Å². The largest absolute Gasteiger partial charge is 0.490 e. The fourth-order valence-electron chi connectivity index (χ4n) is 2.71. The zero-order valence-electron chi connectivity index (χ0n) is 13.8. The maximum absolute atomic E-state index is 12.7. The molecular formula is C17H25NO4. The number of rotatable bonds is 5. The second-order valence-corrected chi connectivity index (χ2v) is 5.49. The van der Waals surface area contributed by atoms with Crippen LogP contribution in [0, 0.1) is 0 Å². The normalized spacial score (nSPS) is 21.5. The summed E-state index contributed by atoms with van der Waals surface area (Å²) >= 11 is 0. The highest BCUT2D eigenvalue weighted by Crippen LogP contribution is 2.29. The summed E-state index contributed by atoms with van der Waals surface area (Å²) in [7, 11) is 0. The van der Waals surface area contributed by atoms with Gasteiger partial charge in [0, 0.05) is 18.7 Å². The smallest absolute Gasteiger partial charge is 0.254 e. The average molecular weight is 307 g/mol. The minimum absolute atomic E-state index is 0.00556. The van der Waals surface area contributed by atoms with E-state index in [1.165, 1.54) is 0 Å². The summed E-state index contributed by atoms with van der Waals surface area (Å²) in [6.45, 7) is 10.1. The Morgan fingerprint density at radius 2 is 1.73 bits per heavy atom. The quantitative estimate of drug-likeness (QED) is 0.839. The zero-order chi connectivity index (χ0) is 16.1. The number of amides is 1. The molecule has 0 bridgehead atoms. The van der Waals surface area contributed by atoms with Crippen molar-refractivity contribution in [3.8, 4) is 11.5 Å². The molecule has 1 amide bonds. The highest BCUT2D eigenvalue weighted by Gasteiger charge is 2.27. The third-order valence-corrected chi connectivity index (χ3v) is 3.50. The van der Waals surface area contributed by atoms with Crippen LogP contribution in [0.1, 0.15) is 38.1 Å². The van der Waals surface area contributed by atoms with Crippen molar-refractivity contribution in [1.82, 2.24) is 4.90 Å². The lowest BCUT2D eigenvalue weighted by Crippen LogP contribution is -2.48. The molecule has 0 N–H and O–H groups in total. The molecule has 1 aromatic carbocycles. The number of nitrogens with zero attached hydrogens (tertiary/aromatic N) is 1. The summed E-state index contributed by atoms with van der Waals surface area (Å²) in [5, 5.41) is 0. The molecule has 0 aliphatic carbocycles. The Morgan fingerprint density at radius 1 is 1.14 bits per heavy atom. The molecule has 2 atom stereocenters. The van der Waals surface area contributed by atoms with Crippen LogP contribution in [0.2, 0.25) is 0 Å². The van der Waals surface area contributed by atoms with Crippen molar-refractivity contribution in [2.24, 2.45) is 0 Å². The summed E-state index contributed by atoms with van der Waals surface area (Å²) in [5.74, 6) is 1.29. The predicted octanol–water partition coefficient (Wildman–Crippen LogP) is 2.73. The first kappa shape index (κ1) is 16.6. The van der Waals surface area contributed by atoms with Gasteiger partial charge in [0.05, 0.1) is 25.4 Å². The van der Waals surface area contributed by atoms with E-state index in [4.69, 9.17) is 14.2 Å². The second kappa shape index (κ2) is 7.49. The van der Waals surface area contributed by atoms with Gasteiger partial charge in [0.15, 0.2) is 11.5 Å². The fourth-order valence-corrected chi connectivity index (χ4v) is 2.71. The summed E-state index contributed by atoms with van der Waals surface area (Å²) in [6, 6.07) is 5.36. The molecule has 2 rings (SSSR count). The van der Waals surface area contributed by atoms with Gasteiger partial charge in [-0.25, -0.2) is 0 Å². The third-order valence-electron chi connectivity index (χ3n) is 3.50. The number of carbonyl (C=O) groups is 1. The monoisotopic (exact) mass is 307 g/mol. The van der Waals surface area contributed by atoms with Crippen LogP contribution in [0.5, 0.6) is 11.5 Å². The van der Waals surface area contributed by atoms with Crippen molar-refractivity contribution in [3.05, 3.63) is 23.8 Å². The molecule has 0 saturated carbocycles. The fraction of sp³-hybridized carbons (Fsp3) is 0.588. The van der Waals surface area contributed by atoms with Crippen molar-refractivity contribution in [3.63, 3.8) is 0 Å². The lowest BCUT2D eigenvalue weighted by Gasteiger charge is -2.35. The van der Waals surface area contributed by atoms with E-state index in [2.05, 4.69) is 0 Å². The van der Waals surface area contributed by atoms with Gasteiger partial charge in [0.2, 0.25) is 0 Å². The summed E-state index contributed by atoms with van der Waals surface area (Å²) in [4.78, 5) is 14.5. The van der Waals surface area contributed by atoms with Crippen LogP contribution in [0.25, 0.3) is 0 Å². The van der Waals surface area contributed by atoms with Crippen LogP contribution < -0.4 is 9.47 Å². The van der Waals surface area contributed by atoms with Gasteiger partial charge < -0.3 is 19.1 Å². The molecule has 0 spiro atoms. The first-order chi connectivity index (χ1) is 10.5. The second-order valence-electron chi connectivity index (χ2n) is 5.49. The van der Waals surface area contributed by atoms with Gasteiger partial charge in [-0.2, -0.15) is 0 Å². The van der Waals surface area contributed by atoms with Gasteiger partial charge in [0.25, 0.3) is 5.91 Å². The van der Waals surface area contributed by atoms with Crippen molar-refractivity contribution in [1.29, 1.82) is 0 Å². The molecule has 22 heavy (non-hydrogen) atoms. The van der Waals surface area contributed by atoms with Crippen LogP contribution in [-0.4, -0.2) is 49.3 Å². The molecule has 5 nitrogen and oxygen atoms in total. The third kappa shape index (κ3) is 3.91. The number of benzene rings is 1. The van der Waals surface area contributed by atoms with Crippen molar-refractivity contribution in [2.75, 3.05) is 26.3 Å². The molecule has 5 heteroatoms. The lowest BCUT2D eigenvalue weighted by atomic mass is 10.1. The van der Waals surface area contributed by atoms with Gasteiger partial charge in [-0.05, 0) is 45.9 Å². The van der Waals surface area contributed by atoms with E-state index in [1.807, 2.05) is 32.6 Å². The Labute approximate surface area is 132 Å². The SMILES string of the molecule is CCOc1ccc(C(=O)N2C[C@@H](C)O[C@@H](C)C2)cc1OCC. The summed E-state index contributed by atoms with van der Waals surface area (Å²) < 4.78 is 16.8. The Balaban J connectivity index is 2.20. The highest BCUT2D eigenvalue weighted by atomic mass is 16.5. The molecule has 1 saturated heterocycles. The van der Waals surface area contributed by atoms with Gasteiger partial charge in [-0.1, -0.05) is 0 Å². The average Bonchev–Trinajstić information content (AvgIpc) is 2.48. The Kier molecular flexibility index (Phi) is 5.66. The van der Waals surface area contributed by atoms with Crippen molar-refractivity contribution < 1.29 is 19.0 Å². The molecule has 1 aromatic rings. The van der Waals surface area contributed by atoms with E-state index in [-0.39, 0.29) is 18.1 Å². The summed E-state index contributed by atoms with van der Waals surface area (Å²) in [5.41, 5.74) is 0.619. The van der Waals surface area contributed by atoms with E-state index < -0.39 is 0 Å². The minimum Gasteiger partial charge on any atom is -0.490 e. The molecule has 1 aliphatic rings. The van der Waals surface area contributed by atoms with E-state index in [1.54, 1.807) is 18.2 Å². The maximum atomic E-state index is 12.7. The molecule has 0 radical (unpaired) electrons. The minimum atomic E-state index is 0.00556. The van der Waals surface area contributed by atoms with Crippen LogP contribution in [0.15, 0.2) is 18.2 Å². The number of ether oxygens (including phenoxy) is 3. The Hall–Kier alpha value is -1.75. The number of hydrogen-bond acceptors (Lipinski definition) is 4. The van der Waals surface area contributed by atoms with Crippen LogP contribution in [0.3, 0.4) is 0 Å². The topological polar surface area (TPSA) is 48.0 Å². The predicted molar refractivity (Wildman–Crippen MR) is 84.7 cm³/mol. The van der Waals surface area contributed by atoms with E-state index in [0.717, 1.165) is 0 Å². The van der Waals surface area contributed by atoms with E-state index in [0.29, 0.717) is 43.4 Å². The Morgan fingerprint density at radius 3 is 2.32 bits per heavy atom. The van der Waals surface area contributed by atoms with E-state index in [9.17, 15) is 4.79 Å². The molecule has 1 aliphatic heterocycles. The zero-order valence-corrected chi connectivity index (χ0v) is 13.8. The number of hydrogen-bond donors (Lipinski definition) is 0. The molecule has 122 valence electrons. The maximum Gasteiger partial charge on any atom is 0.254 e. The first-order valence-electron chi connectivity index (χ1n) is 7.89. The first-order valence-corrected chi connectivity index (χ1v) is 7.89. The Bertz CT molecular complexity index is 507. The number of carbonyl (C=O) groups excluding carboxylic acids is 1. The van der Waals surface area contributed by atoms with Gasteiger partial charge in [-0.15, -0.1) is 0 Å². The molecule has 0 unspecified atom stereocenters. The van der Waals surface area contributed by atoms with Crippen LogP contribution in [0.4, 0.5) is 0 Å². The van der Waals surface area contributed by atoms with Crippen molar-refractivity contribution in [2.45, 2.75) is 39.9 Å². The standard InChI is InChI=1S/C17H25NO4/c1-5-20-15-8-7-14(9-16(15)21-6-2)17(19)18-10-12(3)22-13(4)11-18/h7-9,12-13H,5-6,10-11H2,1-4H3/t12-,13+. The molecule has 1 heterocycles. The van der Waals surface area contributed by atoms with E-state index >= 15 is 0 Å². The van der Waals surface area contributed by atoms with Gasteiger partial charge in [0.1, 0.15) is 0 Å². The molecule has 0 aromatic heterocycles. The van der Waals surface area contributed by atoms with Gasteiger partial charge >= 0.3 is 0 Å². The van der Waals surface area contributed by atoms with Crippen molar-refractivity contribution >= 4 is 5.91 Å². The highest BCUT2D eigenvalue weighted by molar-refractivity contribution is 5.95. The van der Waals surface area contributed by atoms with Crippen LogP contribution in [-0.2, 0) is 4.74 Å². The molecule has 1 fully saturated rings. The molecular weight excluding hydrogens is 282 g/mol. The lowest BCUT2D eigenvalue weighted by molar-refractivity contribution is -0.0586. The van der Waals surface area contributed by atoms with Crippen LogP contribution >= 0.6 is 0 Å². The summed E-state index contributed by atoms with van der Waals surface area (Å²) in [6.07, 6.45) is 0.114. The number of morpholine rings is 1.